The van der Waals surface area contributed by atoms with Crippen molar-refractivity contribution in [2.45, 2.75) is 11.4 Å². The summed E-state index contributed by atoms with van der Waals surface area (Å²) in [5, 5.41) is 0.112. The molecule has 0 amide bonds. The number of aromatic amines is 1. The summed E-state index contributed by atoms with van der Waals surface area (Å²) in [5.41, 5.74) is 0. The first-order valence-electron chi connectivity index (χ1n) is 6.31. The third kappa shape index (κ3) is 3.35. The molecule has 0 saturated carbocycles. The molecule has 0 spiro atoms. The predicted molar refractivity (Wildman–Crippen MR) is 70.4 cm³/mol. The molecule has 1 saturated heterocycles. The molecule has 0 aliphatic carbocycles. The van der Waals surface area contributed by atoms with Gasteiger partial charge in [0.05, 0.1) is 26.1 Å². The van der Waals surface area contributed by atoms with Crippen molar-refractivity contribution in [3.05, 3.63) is 12.5 Å². The highest BCUT2D eigenvalue weighted by Crippen LogP contribution is 2.14. The molecule has 1 aromatic rings. The van der Waals surface area contributed by atoms with E-state index in [1.807, 2.05) is 0 Å². The number of piperazine rings is 1. The summed E-state index contributed by atoms with van der Waals surface area (Å²) in [4.78, 5) is 19.5. The van der Waals surface area contributed by atoms with Crippen LogP contribution in [0, 0.1) is 0 Å². The summed E-state index contributed by atoms with van der Waals surface area (Å²) in [5.74, 6) is -0.252. The van der Waals surface area contributed by atoms with Crippen molar-refractivity contribution in [1.29, 1.82) is 0 Å². The normalized spacial score (nSPS) is 18.1. The van der Waals surface area contributed by atoms with Gasteiger partial charge in [-0.05, 0) is 0 Å². The van der Waals surface area contributed by atoms with Gasteiger partial charge >= 0.3 is 5.97 Å². The van der Waals surface area contributed by atoms with Crippen LogP contribution in [0.1, 0.15) is 6.42 Å². The number of imidazole rings is 1. The lowest BCUT2D eigenvalue weighted by molar-refractivity contribution is -0.141. The third-order valence-electron chi connectivity index (χ3n) is 3.28. The number of H-pyrrole nitrogens is 1. The summed E-state index contributed by atoms with van der Waals surface area (Å²) < 4.78 is 30.5. The van der Waals surface area contributed by atoms with Crippen LogP contribution >= 0.6 is 0 Å². The average Bonchev–Trinajstić information content (AvgIpc) is 3.00. The molecule has 1 aliphatic heterocycles. The van der Waals surface area contributed by atoms with Crippen molar-refractivity contribution in [2.75, 3.05) is 39.8 Å². The Morgan fingerprint density at radius 3 is 2.65 bits per heavy atom. The number of methoxy groups -OCH3 is 1. The number of hydrogen-bond acceptors (Lipinski definition) is 6. The Balaban J connectivity index is 1.87. The number of aromatic nitrogens is 2. The van der Waals surface area contributed by atoms with E-state index >= 15 is 0 Å². The van der Waals surface area contributed by atoms with Gasteiger partial charge in [0.25, 0.3) is 10.0 Å². The maximum Gasteiger partial charge on any atom is 0.306 e. The minimum atomic E-state index is -3.48. The molecule has 1 aliphatic rings. The molecule has 0 radical (unpaired) electrons. The molecule has 2 rings (SSSR count). The SMILES string of the molecule is COC(=O)CCN1CCN(S(=O)(=O)c2cnc[nH]2)CC1. The first-order chi connectivity index (χ1) is 9.54. The van der Waals surface area contributed by atoms with Gasteiger partial charge in [-0.1, -0.05) is 0 Å². The van der Waals surface area contributed by atoms with Crippen LogP contribution in [0.15, 0.2) is 17.6 Å². The van der Waals surface area contributed by atoms with Gasteiger partial charge in [-0.2, -0.15) is 4.31 Å². The number of nitrogens with zero attached hydrogens (tertiary/aromatic N) is 3. The van der Waals surface area contributed by atoms with Gasteiger partial charge in [0.15, 0.2) is 5.03 Å². The van der Waals surface area contributed by atoms with Gasteiger partial charge in [-0.15, -0.1) is 0 Å². The van der Waals surface area contributed by atoms with E-state index in [0.29, 0.717) is 39.1 Å². The van der Waals surface area contributed by atoms with E-state index in [9.17, 15) is 13.2 Å². The predicted octanol–water partition coefficient (Wildman–Crippen LogP) is -0.721. The molecule has 20 heavy (non-hydrogen) atoms. The van der Waals surface area contributed by atoms with Crippen LogP contribution in [-0.2, 0) is 19.6 Å². The fraction of sp³-hybridized carbons (Fsp3) is 0.636. The van der Waals surface area contributed by atoms with E-state index in [1.165, 1.54) is 23.9 Å². The number of carbonyl (C=O) groups excluding carboxylic acids is 1. The van der Waals surface area contributed by atoms with Gasteiger partial charge in [0, 0.05) is 32.7 Å². The summed E-state index contributed by atoms with van der Waals surface area (Å²) in [7, 11) is -2.12. The summed E-state index contributed by atoms with van der Waals surface area (Å²) in [6.45, 7) is 2.60. The Hall–Kier alpha value is -1.45. The van der Waals surface area contributed by atoms with Crippen LogP contribution in [0.3, 0.4) is 0 Å². The molecule has 9 heteroatoms. The number of nitrogens with one attached hydrogen (secondary N) is 1. The van der Waals surface area contributed by atoms with E-state index in [-0.39, 0.29) is 11.0 Å². The van der Waals surface area contributed by atoms with Crippen LogP contribution in [0.2, 0.25) is 0 Å². The molecule has 1 fully saturated rings. The first kappa shape index (κ1) is 14.9. The van der Waals surface area contributed by atoms with Crippen molar-refractivity contribution >= 4 is 16.0 Å². The van der Waals surface area contributed by atoms with Gasteiger partial charge in [0.2, 0.25) is 0 Å². The Morgan fingerprint density at radius 2 is 2.10 bits per heavy atom. The fourth-order valence-electron chi connectivity index (χ4n) is 2.07. The minimum absolute atomic E-state index is 0.112. The molecule has 0 unspecified atom stereocenters. The van der Waals surface area contributed by atoms with Crippen molar-refractivity contribution < 1.29 is 17.9 Å². The highest BCUT2D eigenvalue weighted by molar-refractivity contribution is 7.89. The van der Waals surface area contributed by atoms with Crippen LogP contribution in [0.5, 0.6) is 0 Å². The highest BCUT2D eigenvalue weighted by atomic mass is 32.2. The molecular formula is C11H18N4O4S. The molecule has 2 heterocycles. The molecule has 1 N–H and O–H groups in total. The average molecular weight is 302 g/mol. The number of sulfonamides is 1. The van der Waals surface area contributed by atoms with Crippen molar-refractivity contribution in [2.24, 2.45) is 0 Å². The van der Waals surface area contributed by atoms with Crippen molar-refractivity contribution in [3.63, 3.8) is 0 Å². The zero-order valence-corrected chi connectivity index (χ0v) is 12.1. The van der Waals surface area contributed by atoms with Crippen LogP contribution < -0.4 is 0 Å². The van der Waals surface area contributed by atoms with E-state index in [1.54, 1.807) is 0 Å². The second-order valence-electron chi connectivity index (χ2n) is 4.49. The summed E-state index contributed by atoms with van der Waals surface area (Å²) >= 11 is 0. The zero-order chi connectivity index (χ0) is 14.6. The Morgan fingerprint density at radius 1 is 1.40 bits per heavy atom. The Bertz CT molecular complexity index is 535. The molecular weight excluding hydrogens is 284 g/mol. The maximum absolute atomic E-state index is 12.2. The smallest absolute Gasteiger partial charge is 0.306 e. The lowest BCUT2D eigenvalue weighted by Gasteiger charge is -2.33. The number of rotatable bonds is 5. The molecule has 0 bridgehead atoms. The maximum atomic E-state index is 12.2. The van der Waals surface area contributed by atoms with Crippen molar-refractivity contribution in [3.8, 4) is 0 Å². The van der Waals surface area contributed by atoms with Crippen molar-refractivity contribution in [1.82, 2.24) is 19.2 Å². The van der Waals surface area contributed by atoms with E-state index in [4.69, 9.17) is 0 Å². The lowest BCUT2D eigenvalue weighted by Crippen LogP contribution is -2.49. The van der Waals surface area contributed by atoms with E-state index in [0.717, 1.165) is 0 Å². The number of esters is 1. The largest absolute Gasteiger partial charge is 0.469 e. The summed E-state index contributed by atoms with van der Waals surface area (Å²) in [6, 6.07) is 0. The van der Waals surface area contributed by atoms with Gasteiger partial charge in [-0.25, -0.2) is 13.4 Å². The van der Waals surface area contributed by atoms with E-state index in [2.05, 4.69) is 19.6 Å². The first-order valence-corrected chi connectivity index (χ1v) is 7.76. The topological polar surface area (TPSA) is 95.6 Å². The molecule has 0 atom stereocenters. The Kier molecular flexibility index (Phi) is 4.73. The van der Waals surface area contributed by atoms with E-state index < -0.39 is 10.0 Å². The molecule has 1 aromatic heterocycles. The summed E-state index contributed by atoms with van der Waals surface area (Å²) in [6.07, 6.45) is 2.97. The monoisotopic (exact) mass is 302 g/mol. The van der Waals surface area contributed by atoms with Gasteiger partial charge in [-0.3, -0.25) is 4.79 Å². The Labute approximate surface area is 117 Å². The highest BCUT2D eigenvalue weighted by Gasteiger charge is 2.29. The fourth-order valence-corrected chi connectivity index (χ4v) is 3.39. The van der Waals surface area contributed by atoms with Gasteiger partial charge in [0.1, 0.15) is 0 Å². The molecule has 0 aromatic carbocycles. The minimum Gasteiger partial charge on any atom is -0.469 e. The number of ether oxygens (including phenoxy) is 1. The standard InChI is InChI=1S/C11H18N4O4S/c1-19-11(16)2-3-14-4-6-15(7-5-14)20(17,18)10-8-12-9-13-10/h8-9H,2-7H2,1H3,(H,12,13). The second kappa shape index (κ2) is 6.33. The second-order valence-corrected chi connectivity index (χ2v) is 6.39. The lowest BCUT2D eigenvalue weighted by atomic mass is 10.3. The number of hydrogen-bond donors (Lipinski definition) is 1. The van der Waals surface area contributed by atoms with Crippen LogP contribution in [-0.4, -0.2) is 73.4 Å². The van der Waals surface area contributed by atoms with Crippen LogP contribution in [0.4, 0.5) is 0 Å². The quantitative estimate of drug-likeness (QED) is 0.721. The zero-order valence-electron chi connectivity index (χ0n) is 11.3. The van der Waals surface area contributed by atoms with Gasteiger partial charge < -0.3 is 14.6 Å². The van der Waals surface area contributed by atoms with Crippen LogP contribution in [0.25, 0.3) is 0 Å². The molecule has 8 nitrogen and oxygen atoms in total. The third-order valence-corrected chi connectivity index (χ3v) is 5.11. The number of carbonyl (C=O) groups is 1. The molecule has 112 valence electrons.